The first kappa shape index (κ1) is 16.6. The molecular formula is C17H19N7OS. The van der Waals surface area contributed by atoms with Crippen LogP contribution in [0.4, 0.5) is 9.93 Å². The van der Waals surface area contributed by atoms with Gasteiger partial charge in [0.05, 0.1) is 11.7 Å². The second-order valence-electron chi connectivity index (χ2n) is 6.37. The van der Waals surface area contributed by atoms with E-state index in [2.05, 4.69) is 25.6 Å². The predicted octanol–water partition coefficient (Wildman–Crippen LogP) is 3.22. The molecule has 2 amide bonds. The van der Waals surface area contributed by atoms with Crippen molar-refractivity contribution in [1.29, 1.82) is 0 Å². The van der Waals surface area contributed by atoms with Gasteiger partial charge >= 0.3 is 6.03 Å². The SMILES string of the molecule is CC(c1ccc(-n2cncn2)cc1)N(C)C(=O)Nc1nnc(C2CC2)s1. The van der Waals surface area contributed by atoms with Crippen molar-refractivity contribution >= 4 is 22.5 Å². The van der Waals surface area contributed by atoms with Gasteiger partial charge in [-0.05, 0) is 37.5 Å². The summed E-state index contributed by atoms with van der Waals surface area (Å²) in [5.41, 5.74) is 1.95. The van der Waals surface area contributed by atoms with E-state index in [0.717, 1.165) is 16.3 Å². The van der Waals surface area contributed by atoms with E-state index in [-0.39, 0.29) is 12.1 Å². The largest absolute Gasteiger partial charge is 0.323 e. The number of urea groups is 1. The van der Waals surface area contributed by atoms with E-state index in [1.807, 2.05) is 31.2 Å². The molecule has 0 radical (unpaired) electrons. The van der Waals surface area contributed by atoms with Crippen molar-refractivity contribution in [3.8, 4) is 5.69 Å². The third-order valence-corrected chi connectivity index (χ3v) is 5.54. The minimum absolute atomic E-state index is 0.0874. The van der Waals surface area contributed by atoms with Crippen molar-refractivity contribution in [2.24, 2.45) is 0 Å². The lowest BCUT2D eigenvalue weighted by Crippen LogP contribution is -2.33. The van der Waals surface area contributed by atoms with Crippen molar-refractivity contribution in [1.82, 2.24) is 29.9 Å². The van der Waals surface area contributed by atoms with Crippen LogP contribution in [0.25, 0.3) is 5.69 Å². The van der Waals surface area contributed by atoms with Gasteiger partial charge in [-0.25, -0.2) is 14.5 Å². The van der Waals surface area contributed by atoms with Gasteiger partial charge in [0, 0.05) is 13.0 Å². The highest BCUT2D eigenvalue weighted by atomic mass is 32.1. The second kappa shape index (κ2) is 6.83. The van der Waals surface area contributed by atoms with E-state index in [9.17, 15) is 4.79 Å². The van der Waals surface area contributed by atoms with Crippen molar-refractivity contribution in [3.63, 3.8) is 0 Å². The monoisotopic (exact) mass is 369 g/mol. The summed E-state index contributed by atoms with van der Waals surface area (Å²) in [6, 6.07) is 7.60. The molecule has 0 aliphatic heterocycles. The normalized spacial score (nSPS) is 14.8. The minimum Gasteiger partial charge on any atom is -0.321 e. The Morgan fingerprint density at radius 2 is 2.08 bits per heavy atom. The number of nitrogens with one attached hydrogen (secondary N) is 1. The Kier molecular flexibility index (Phi) is 4.37. The molecule has 3 aromatic rings. The third kappa shape index (κ3) is 3.43. The van der Waals surface area contributed by atoms with E-state index in [1.165, 1.54) is 30.5 Å². The van der Waals surface area contributed by atoms with Gasteiger partial charge in [0.15, 0.2) is 0 Å². The van der Waals surface area contributed by atoms with Crippen LogP contribution in [0.15, 0.2) is 36.9 Å². The zero-order valence-corrected chi connectivity index (χ0v) is 15.3. The van der Waals surface area contributed by atoms with Gasteiger partial charge in [-0.1, -0.05) is 23.5 Å². The highest BCUT2D eigenvalue weighted by Crippen LogP contribution is 2.42. The second-order valence-corrected chi connectivity index (χ2v) is 7.38. The van der Waals surface area contributed by atoms with Crippen molar-refractivity contribution in [2.75, 3.05) is 12.4 Å². The first-order valence-electron chi connectivity index (χ1n) is 8.44. The quantitative estimate of drug-likeness (QED) is 0.746. The maximum Gasteiger partial charge on any atom is 0.323 e. The molecule has 1 fully saturated rings. The Balaban J connectivity index is 1.41. The minimum atomic E-state index is -0.198. The molecule has 1 atom stereocenters. The molecule has 2 heterocycles. The molecule has 0 saturated heterocycles. The molecule has 0 spiro atoms. The summed E-state index contributed by atoms with van der Waals surface area (Å²) >= 11 is 1.46. The summed E-state index contributed by atoms with van der Waals surface area (Å²) in [6.45, 7) is 1.99. The fourth-order valence-electron chi connectivity index (χ4n) is 2.61. The number of hydrogen-bond donors (Lipinski definition) is 1. The number of carbonyl (C=O) groups is 1. The van der Waals surface area contributed by atoms with Crippen LogP contribution in [0.5, 0.6) is 0 Å². The molecular weight excluding hydrogens is 350 g/mol. The number of aromatic nitrogens is 5. The molecule has 1 unspecified atom stereocenters. The Morgan fingerprint density at radius 3 is 2.73 bits per heavy atom. The fraction of sp³-hybridized carbons (Fsp3) is 0.353. The van der Waals surface area contributed by atoms with Crippen molar-refractivity contribution in [3.05, 3.63) is 47.5 Å². The van der Waals surface area contributed by atoms with Crippen LogP contribution in [-0.4, -0.2) is 42.9 Å². The van der Waals surface area contributed by atoms with Crippen LogP contribution >= 0.6 is 11.3 Å². The highest BCUT2D eigenvalue weighted by molar-refractivity contribution is 7.15. The number of anilines is 1. The number of amides is 2. The Hall–Kier alpha value is -2.81. The van der Waals surface area contributed by atoms with Gasteiger partial charge in [0.25, 0.3) is 0 Å². The number of rotatable bonds is 5. The van der Waals surface area contributed by atoms with E-state index in [0.29, 0.717) is 11.0 Å². The van der Waals surface area contributed by atoms with Crippen LogP contribution < -0.4 is 5.32 Å². The summed E-state index contributed by atoms with van der Waals surface area (Å²) in [7, 11) is 1.77. The summed E-state index contributed by atoms with van der Waals surface area (Å²) in [4.78, 5) is 18.1. The molecule has 1 N–H and O–H groups in total. The van der Waals surface area contributed by atoms with Gasteiger partial charge < -0.3 is 4.90 Å². The topological polar surface area (TPSA) is 88.8 Å². The zero-order valence-electron chi connectivity index (χ0n) is 14.5. The number of hydrogen-bond acceptors (Lipinski definition) is 6. The molecule has 1 saturated carbocycles. The fourth-order valence-corrected chi connectivity index (χ4v) is 3.51. The molecule has 0 bridgehead atoms. The average molecular weight is 369 g/mol. The van der Waals surface area contributed by atoms with Crippen LogP contribution in [0.2, 0.25) is 0 Å². The summed E-state index contributed by atoms with van der Waals surface area (Å²) in [5.74, 6) is 0.540. The summed E-state index contributed by atoms with van der Waals surface area (Å²) in [5, 5.41) is 16.7. The standard InChI is InChI=1S/C17H19N7OS/c1-11(12-5-7-14(8-6-12)24-10-18-9-19-24)23(2)17(25)20-16-22-21-15(26-16)13-3-4-13/h5-11,13H,3-4H2,1-2H3,(H,20,22,25). The smallest absolute Gasteiger partial charge is 0.321 e. The van der Waals surface area contributed by atoms with E-state index >= 15 is 0 Å². The predicted molar refractivity (Wildman–Crippen MR) is 98.4 cm³/mol. The molecule has 1 aliphatic carbocycles. The van der Waals surface area contributed by atoms with Gasteiger partial charge in [-0.3, -0.25) is 5.32 Å². The number of nitrogens with zero attached hydrogens (tertiary/aromatic N) is 6. The number of carbonyl (C=O) groups excluding carboxylic acids is 1. The van der Waals surface area contributed by atoms with Crippen molar-refractivity contribution < 1.29 is 4.79 Å². The number of benzene rings is 1. The first-order chi connectivity index (χ1) is 12.6. The summed E-state index contributed by atoms with van der Waals surface area (Å²) in [6.07, 6.45) is 5.49. The zero-order chi connectivity index (χ0) is 18.1. The van der Waals surface area contributed by atoms with Gasteiger partial charge in [-0.2, -0.15) is 5.10 Å². The maximum atomic E-state index is 12.5. The molecule has 2 aromatic heterocycles. The van der Waals surface area contributed by atoms with Crippen LogP contribution in [0, 0.1) is 0 Å². The average Bonchev–Trinajstić information content (AvgIpc) is 3.17. The molecule has 1 aromatic carbocycles. The molecule has 26 heavy (non-hydrogen) atoms. The van der Waals surface area contributed by atoms with Gasteiger partial charge in [0.2, 0.25) is 5.13 Å². The first-order valence-corrected chi connectivity index (χ1v) is 9.25. The molecule has 134 valence electrons. The molecule has 9 heteroatoms. The van der Waals surface area contributed by atoms with Crippen molar-refractivity contribution in [2.45, 2.75) is 31.7 Å². The van der Waals surface area contributed by atoms with E-state index < -0.39 is 0 Å². The van der Waals surface area contributed by atoms with Gasteiger partial charge in [-0.15, -0.1) is 10.2 Å². The van der Waals surface area contributed by atoms with E-state index in [4.69, 9.17) is 0 Å². The Bertz CT molecular complexity index is 886. The summed E-state index contributed by atoms with van der Waals surface area (Å²) < 4.78 is 1.69. The van der Waals surface area contributed by atoms with Crippen LogP contribution in [0.3, 0.4) is 0 Å². The maximum absolute atomic E-state index is 12.5. The molecule has 8 nitrogen and oxygen atoms in total. The van der Waals surface area contributed by atoms with Crippen LogP contribution in [0.1, 0.15) is 42.3 Å². The Morgan fingerprint density at radius 1 is 1.31 bits per heavy atom. The van der Waals surface area contributed by atoms with E-state index in [1.54, 1.807) is 23.0 Å². The lowest BCUT2D eigenvalue weighted by Gasteiger charge is -2.25. The Labute approximate surface area is 154 Å². The van der Waals surface area contributed by atoms with Crippen LogP contribution in [-0.2, 0) is 0 Å². The highest BCUT2D eigenvalue weighted by Gasteiger charge is 2.28. The third-order valence-electron chi connectivity index (χ3n) is 4.54. The molecule has 4 rings (SSSR count). The van der Waals surface area contributed by atoms with Gasteiger partial charge in [0.1, 0.15) is 17.7 Å². The lowest BCUT2D eigenvalue weighted by atomic mass is 10.1. The molecule has 1 aliphatic rings. The lowest BCUT2D eigenvalue weighted by molar-refractivity contribution is 0.208.